The Labute approximate surface area is 61.8 Å². The molecule has 3 N–H and O–H groups in total. The fraction of sp³-hybridized carbons (Fsp3) is 0.714. The molecular formula is C7H15N3. The van der Waals surface area contributed by atoms with E-state index in [-0.39, 0.29) is 6.04 Å². The molecule has 0 rings (SSSR count). The van der Waals surface area contributed by atoms with Gasteiger partial charge in [0, 0.05) is 17.5 Å². The molecule has 0 radical (unpaired) electrons. The van der Waals surface area contributed by atoms with Crippen LogP contribution in [0.15, 0.2) is 4.99 Å². The zero-order chi connectivity index (χ0) is 8.15. The number of aliphatic imine (C=N–C) groups is 1. The normalized spacial score (nSPS) is 12.4. The maximum Gasteiger partial charge on any atom is 0.0780 e. The molecule has 58 valence electrons. The van der Waals surface area contributed by atoms with Crippen molar-refractivity contribution in [3.63, 3.8) is 0 Å². The zero-order valence-electron chi connectivity index (χ0n) is 6.81. The van der Waals surface area contributed by atoms with Gasteiger partial charge in [0.15, 0.2) is 0 Å². The van der Waals surface area contributed by atoms with Gasteiger partial charge in [-0.05, 0) is 20.8 Å². The van der Waals surface area contributed by atoms with Crippen molar-refractivity contribution in [2.75, 3.05) is 6.54 Å². The third-order valence-corrected chi connectivity index (χ3v) is 1.12. The highest BCUT2D eigenvalue weighted by Gasteiger charge is 1.99. The van der Waals surface area contributed by atoms with Crippen LogP contribution < -0.4 is 5.73 Å². The molecule has 0 aliphatic carbocycles. The van der Waals surface area contributed by atoms with Gasteiger partial charge in [0.05, 0.1) is 6.54 Å². The molecule has 0 aliphatic rings. The Bertz CT molecular complexity index is 143. The largest absolute Gasteiger partial charge is 0.323 e. The number of rotatable bonds is 3. The Morgan fingerprint density at radius 1 is 1.60 bits per heavy atom. The molecule has 1 unspecified atom stereocenters. The Morgan fingerprint density at radius 2 is 2.10 bits per heavy atom. The van der Waals surface area contributed by atoms with Crippen molar-refractivity contribution in [3.05, 3.63) is 0 Å². The van der Waals surface area contributed by atoms with E-state index in [0.29, 0.717) is 12.3 Å². The summed E-state index contributed by atoms with van der Waals surface area (Å²) >= 11 is 0. The van der Waals surface area contributed by atoms with Crippen LogP contribution in [-0.2, 0) is 0 Å². The minimum Gasteiger partial charge on any atom is -0.323 e. The number of hydrogen-bond donors (Lipinski definition) is 2. The summed E-state index contributed by atoms with van der Waals surface area (Å²) in [5.74, 6) is 0. The highest BCUT2D eigenvalue weighted by Crippen LogP contribution is 1.83. The number of hydrogen-bond acceptors (Lipinski definition) is 3. The zero-order valence-corrected chi connectivity index (χ0v) is 6.81. The standard InChI is InChI=1S/C7H15N3/c1-5(2)10-4-7(9)6(3)8/h6,9H,4,8H2,1-3H3. The molecule has 0 bridgehead atoms. The lowest BCUT2D eigenvalue weighted by Crippen LogP contribution is -2.28. The monoisotopic (exact) mass is 141 g/mol. The topological polar surface area (TPSA) is 62.2 Å². The third kappa shape index (κ3) is 4.21. The van der Waals surface area contributed by atoms with Crippen molar-refractivity contribution in [2.24, 2.45) is 10.7 Å². The summed E-state index contributed by atoms with van der Waals surface area (Å²) in [4.78, 5) is 4.06. The van der Waals surface area contributed by atoms with E-state index in [1.54, 1.807) is 6.92 Å². The van der Waals surface area contributed by atoms with Crippen LogP contribution in [0.1, 0.15) is 20.8 Å². The summed E-state index contributed by atoms with van der Waals surface area (Å²) in [5.41, 5.74) is 6.91. The molecule has 1 atom stereocenters. The molecule has 0 fully saturated rings. The van der Waals surface area contributed by atoms with E-state index < -0.39 is 0 Å². The van der Waals surface area contributed by atoms with E-state index in [0.717, 1.165) is 5.71 Å². The van der Waals surface area contributed by atoms with Gasteiger partial charge in [-0.1, -0.05) is 0 Å². The van der Waals surface area contributed by atoms with Crippen LogP contribution >= 0.6 is 0 Å². The molecule has 0 spiro atoms. The Kier molecular flexibility index (Phi) is 3.88. The van der Waals surface area contributed by atoms with Crippen LogP contribution in [0.4, 0.5) is 0 Å². The third-order valence-electron chi connectivity index (χ3n) is 1.12. The minimum absolute atomic E-state index is 0.164. The summed E-state index contributed by atoms with van der Waals surface area (Å²) in [6.07, 6.45) is 0. The van der Waals surface area contributed by atoms with Crippen LogP contribution in [0.5, 0.6) is 0 Å². The van der Waals surface area contributed by atoms with Crippen LogP contribution in [0.25, 0.3) is 0 Å². The average Bonchev–Trinajstić information content (AvgIpc) is 1.82. The highest BCUT2D eigenvalue weighted by atomic mass is 14.8. The van der Waals surface area contributed by atoms with E-state index in [9.17, 15) is 0 Å². The molecule has 3 heteroatoms. The van der Waals surface area contributed by atoms with Crippen molar-refractivity contribution in [1.29, 1.82) is 5.41 Å². The van der Waals surface area contributed by atoms with E-state index >= 15 is 0 Å². The average molecular weight is 141 g/mol. The van der Waals surface area contributed by atoms with Gasteiger partial charge in [0.1, 0.15) is 0 Å². The molecule has 10 heavy (non-hydrogen) atoms. The molecule has 0 aromatic heterocycles. The second-order valence-electron chi connectivity index (χ2n) is 2.58. The number of nitrogens with zero attached hydrogens (tertiary/aromatic N) is 1. The Morgan fingerprint density at radius 3 is 2.40 bits per heavy atom. The fourth-order valence-electron chi connectivity index (χ4n) is 0.387. The molecule has 0 heterocycles. The smallest absolute Gasteiger partial charge is 0.0780 e. The summed E-state index contributed by atoms with van der Waals surface area (Å²) < 4.78 is 0. The first-order chi connectivity index (χ1) is 4.54. The van der Waals surface area contributed by atoms with Gasteiger partial charge in [-0.25, -0.2) is 0 Å². The van der Waals surface area contributed by atoms with Crippen LogP contribution in [0.3, 0.4) is 0 Å². The molecule has 0 saturated heterocycles. The predicted molar refractivity (Wildman–Crippen MR) is 45.0 cm³/mol. The van der Waals surface area contributed by atoms with Gasteiger partial charge < -0.3 is 11.1 Å². The summed E-state index contributed by atoms with van der Waals surface area (Å²) in [6.45, 7) is 6.06. The van der Waals surface area contributed by atoms with Crippen LogP contribution in [-0.4, -0.2) is 24.0 Å². The van der Waals surface area contributed by atoms with Gasteiger partial charge in [-0.15, -0.1) is 0 Å². The number of nitrogens with two attached hydrogens (primary N) is 1. The molecule has 0 amide bonds. The quantitative estimate of drug-likeness (QED) is 0.562. The summed E-state index contributed by atoms with van der Waals surface area (Å²) in [5, 5.41) is 7.30. The van der Waals surface area contributed by atoms with Gasteiger partial charge >= 0.3 is 0 Å². The second kappa shape index (κ2) is 4.17. The van der Waals surface area contributed by atoms with E-state index in [2.05, 4.69) is 4.99 Å². The second-order valence-corrected chi connectivity index (χ2v) is 2.58. The molecule has 3 nitrogen and oxygen atoms in total. The van der Waals surface area contributed by atoms with Crippen LogP contribution in [0, 0.1) is 5.41 Å². The first kappa shape index (κ1) is 9.30. The summed E-state index contributed by atoms with van der Waals surface area (Å²) in [7, 11) is 0. The summed E-state index contributed by atoms with van der Waals surface area (Å²) in [6, 6.07) is -0.164. The van der Waals surface area contributed by atoms with Crippen molar-refractivity contribution < 1.29 is 0 Å². The maximum atomic E-state index is 7.30. The van der Waals surface area contributed by atoms with E-state index in [1.807, 2.05) is 13.8 Å². The highest BCUT2D eigenvalue weighted by molar-refractivity contribution is 5.90. The molecular weight excluding hydrogens is 126 g/mol. The molecule has 0 aromatic carbocycles. The van der Waals surface area contributed by atoms with E-state index in [4.69, 9.17) is 11.1 Å². The van der Waals surface area contributed by atoms with Gasteiger partial charge in [-0.3, -0.25) is 4.99 Å². The van der Waals surface area contributed by atoms with Crippen molar-refractivity contribution in [3.8, 4) is 0 Å². The lowest BCUT2D eigenvalue weighted by atomic mass is 10.2. The lowest BCUT2D eigenvalue weighted by Gasteiger charge is -2.03. The first-order valence-electron chi connectivity index (χ1n) is 3.34. The minimum atomic E-state index is -0.164. The van der Waals surface area contributed by atoms with Gasteiger partial charge in [0.2, 0.25) is 0 Å². The van der Waals surface area contributed by atoms with Crippen LogP contribution in [0.2, 0.25) is 0 Å². The molecule has 0 saturated carbocycles. The van der Waals surface area contributed by atoms with Crippen molar-refractivity contribution in [2.45, 2.75) is 26.8 Å². The molecule has 0 aliphatic heterocycles. The Balaban J connectivity index is 3.71. The van der Waals surface area contributed by atoms with Crippen molar-refractivity contribution >= 4 is 11.4 Å². The van der Waals surface area contributed by atoms with Gasteiger partial charge in [0.25, 0.3) is 0 Å². The fourth-order valence-corrected chi connectivity index (χ4v) is 0.387. The lowest BCUT2D eigenvalue weighted by molar-refractivity contribution is 0.939. The van der Waals surface area contributed by atoms with E-state index in [1.165, 1.54) is 0 Å². The first-order valence-corrected chi connectivity index (χ1v) is 3.34. The number of nitrogens with one attached hydrogen (secondary N) is 1. The predicted octanol–water partition coefficient (Wildman–Crippen LogP) is 0.834. The van der Waals surface area contributed by atoms with Crippen molar-refractivity contribution in [1.82, 2.24) is 0 Å². The molecule has 0 aromatic rings. The van der Waals surface area contributed by atoms with Gasteiger partial charge in [-0.2, -0.15) is 0 Å². The Hall–Kier alpha value is -0.700. The maximum absolute atomic E-state index is 7.30. The SMILES string of the molecule is CC(C)=NCC(=N)C(C)N.